The van der Waals surface area contributed by atoms with Gasteiger partial charge in [0, 0.05) is 18.6 Å². The molecule has 0 spiro atoms. The standard InChI is InChI=1S/C9H8N2.C6H7N/c1-2-6-9-8(4-1)5-3-7-10-11-9;1-2-4-6-7-5-3-1/h1-7,11H;1-7H. The van der Waals surface area contributed by atoms with Crippen molar-refractivity contribution in [2.45, 2.75) is 0 Å². The van der Waals surface area contributed by atoms with E-state index in [0.29, 0.717) is 0 Å². The molecular weight excluding hydrogens is 222 g/mol. The summed E-state index contributed by atoms with van der Waals surface area (Å²) in [7, 11) is 0. The average molecular weight is 237 g/mol. The van der Waals surface area contributed by atoms with Crippen LogP contribution in [-0.2, 0) is 0 Å². The first-order chi connectivity index (χ1) is 8.97. The Hall–Kier alpha value is -2.55. The summed E-state index contributed by atoms with van der Waals surface area (Å²) in [5.41, 5.74) is 5.16. The molecule has 1 aromatic carbocycles. The highest BCUT2D eigenvalue weighted by Gasteiger charge is 1.96. The van der Waals surface area contributed by atoms with Gasteiger partial charge in [0.1, 0.15) is 0 Å². The fraction of sp³-hybridized carbons (Fsp3) is 0. The van der Waals surface area contributed by atoms with E-state index in [1.807, 2.05) is 73.1 Å². The van der Waals surface area contributed by atoms with Gasteiger partial charge in [-0.25, -0.2) is 0 Å². The minimum absolute atomic E-state index is 1.05. The fourth-order valence-corrected chi connectivity index (χ4v) is 1.45. The maximum atomic E-state index is 3.95. The van der Waals surface area contributed by atoms with Crippen LogP contribution in [0, 0.1) is 0 Å². The van der Waals surface area contributed by atoms with E-state index in [0.717, 1.165) is 5.69 Å². The smallest absolute Gasteiger partial charge is 0.0634 e. The lowest BCUT2D eigenvalue weighted by molar-refractivity contribution is 1.20. The van der Waals surface area contributed by atoms with Crippen molar-refractivity contribution in [1.82, 2.24) is 5.32 Å². The number of hydrogen-bond donors (Lipinski definition) is 2. The summed E-state index contributed by atoms with van der Waals surface area (Å²) in [4.78, 5) is 0. The van der Waals surface area contributed by atoms with E-state index in [9.17, 15) is 0 Å². The van der Waals surface area contributed by atoms with Gasteiger partial charge in [0.05, 0.1) is 5.69 Å². The van der Waals surface area contributed by atoms with Gasteiger partial charge in [0.2, 0.25) is 0 Å². The van der Waals surface area contributed by atoms with E-state index in [4.69, 9.17) is 0 Å². The molecule has 2 heterocycles. The Labute approximate surface area is 107 Å². The maximum Gasteiger partial charge on any atom is 0.0634 e. The van der Waals surface area contributed by atoms with Crippen LogP contribution in [0.2, 0.25) is 0 Å². The van der Waals surface area contributed by atoms with Gasteiger partial charge in [0.15, 0.2) is 0 Å². The van der Waals surface area contributed by atoms with Crippen LogP contribution in [0.4, 0.5) is 5.69 Å². The van der Waals surface area contributed by atoms with Crippen LogP contribution in [0.3, 0.4) is 0 Å². The predicted molar refractivity (Wildman–Crippen MR) is 78.1 cm³/mol. The number of rotatable bonds is 0. The molecule has 0 saturated heterocycles. The lowest BCUT2D eigenvalue weighted by Crippen LogP contribution is -1.87. The second-order valence-corrected chi connectivity index (χ2v) is 3.61. The Morgan fingerprint density at radius 3 is 2.44 bits per heavy atom. The van der Waals surface area contributed by atoms with Gasteiger partial charge in [-0.05, 0) is 29.9 Å². The number of anilines is 1. The molecule has 90 valence electrons. The van der Waals surface area contributed by atoms with E-state index in [2.05, 4.69) is 15.8 Å². The minimum Gasteiger partial charge on any atom is -0.368 e. The third-order valence-electron chi connectivity index (χ3n) is 2.30. The van der Waals surface area contributed by atoms with Gasteiger partial charge >= 0.3 is 0 Å². The number of nitrogens with zero attached hydrogens (tertiary/aromatic N) is 1. The van der Waals surface area contributed by atoms with Gasteiger partial charge < -0.3 is 5.32 Å². The lowest BCUT2D eigenvalue weighted by atomic mass is 10.2. The van der Waals surface area contributed by atoms with Crippen LogP contribution >= 0.6 is 0 Å². The van der Waals surface area contributed by atoms with Crippen molar-refractivity contribution in [3.05, 3.63) is 72.6 Å². The molecule has 0 radical (unpaired) electrons. The highest BCUT2D eigenvalue weighted by atomic mass is 15.3. The molecule has 0 fully saturated rings. The van der Waals surface area contributed by atoms with Crippen molar-refractivity contribution in [3.63, 3.8) is 0 Å². The summed E-state index contributed by atoms with van der Waals surface area (Å²) in [6, 6.07) is 8.05. The predicted octanol–water partition coefficient (Wildman–Crippen LogP) is 3.28. The molecular formula is C15H15N3. The Morgan fingerprint density at radius 2 is 1.61 bits per heavy atom. The minimum atomic E-state index is 1.05. The Morgan fingerprint density at radius 1 is 0.833 bits per heavy atom. The van der Waals surface area contributed by atoms with Crippen molar-refractivity contribution in [1.29, 1.82) is 0 Å². The Balaban J connectivity index is 0.000000149. The number of hydrazone groups is 1. The average Bonchev–Trinajstić information content (AvgIpc) is 2.84. The van der Waals surface area contributed by atoms with Crippen LogP contribution < -0.4 is 10.7 Å². The maximum absolute atomic E-state index is 3.95. The van der Waals surface area contributed by atoms with E-state index in [1.165, 1.54) is 5.56 Å². The number of allylic oxidation sites excluding steroid dienone is 5. The van der Waals surface area contributed by atoms with Crippen molar-refractivity contribution < 1.29 is 0 Å². The van der Waals surface area contributed by atoms with Crippen molar-refractivity contribution in [3.8, 4) is 0 Å². The van der Waals surface area contributed by atoms with Crippen LogP contribution in [0.1, 0.15) is 5.56 Å². The summed E-state index contributed by atoms with van der Waals surface area (Å²) in [5.74, 6) is 0. The zero-order chi connectivity index (χ0) is 12.5. The molecule has 3 heteroatoms. The Kier molecular flexibility index (Phi) is 4.58. The van der Waals surface area contributed by atoms with E-state index >= 15 is 0 Å². The molecule has 2 aliphatic heterocycles. The number of hydrogen-bond acceptors (Lipinski definition) is 3. The van der Waals surface area contributed by atoms with Crippen LogP contribution in [0.5, 0.6) is 0 Å². The molecule has 2 aliphatic rings. The summed E-state index contributed by atoms with van der Waals surface area (Å²) >= 11 is 0. The summed E-state index contributed by atoms with van der Waals surface area (Å²) < 4.78 is 0. The molecule has 3 rings (SSSR count). The van der Waals surface area contributed by atoms with Gasteiger partial charge in [-0.15, -0.1) is 0 Å². The van der Waals surface area contributed by atoms with Crippen molar-refractivity contribution in [2.75, 3.05) is 5.43 Å². The second kappa shape index (κ2) is 6.91. The quantitative estimate of drug-likeness (QED) is 0.726. The first kappa shape index (κ1) is 11.9. The molecule has 0 amide bonds. The van der Waals surface area contributed by atoms with Gasteiger partial charge in [-0.1, -0.05) is 36.4 Å². The molecule has 18 heavy (non-hydrogen) atoms. The third-order valence-corrected chi connectivity index (χ3v) is 2.30. The molecule has 3 nitrogen and oxygen atoms in total. The lowest BCUT2D eigenvalue weighted by Gasteiger charge is -2.00. The van der Waals surface area contributed by atoms with Crippen LogP contribution in [0.15, 0.2) is 72.1 Å². The van der Waals surface area contributed by atoms with Gasteiger partial charge in [0.25, 0.3) is 0 Å². The summed E-state index contributed by atoms with van der Waals surface area (Å²) in [6.07, 6.45) is 17.3. The number of benzene rings is 1. The third kappa shape index (κ3) is 3.79. The molecule has 0 saturated carbocycles. The first-order valence-corrected chi connectivity index (χ1v) is 5.76. The number of fused-ring (bicyclic) bond motifs is 1. The highest BCUT2D eigenvalue weighted by Crippen LogP contribution is 2.17. The number of nitrogens with one attached hydrogen (secondary N) is 2. The molecule has 1 aromatic rings. The van der Waals surface area contributed by atoms with E-state index in [-0.39, 0.29) is 0 Å². The van der Waals surface area contributed by atoms with E-state index < -0.39 is 0 Å². The Bertz CT molecular complexity index is 508. The first-order valence-electron chi connectivity index (χ1n) is 5.76. The normalized spacial score (nSPS) is 14.4. The monoisotopic (exact) mass is 237 g/mol. The fourth-order valence-electron chi connectivity index (χ4n) is 1.45. The van der Waals surface area contributed by atoms with Crippen molar-refractivity contribution >= 4 is 18.0 Å². The van der Waals surface area contributed by atoms with Crippen LogP contribution in [-0.4, -0.2) is 6.21 Å². The van der Waals surface area contributed by atoms with Gasteiger partial charge in [-0.2, -0.15) is 5.10 Å². The summed E-state index contributed by atoms with van der Waals surface area (Å²) in [6.45, 7) is 0. The summed E-state index contributed by atoms with van der Waals surface area (Å²) in [5, 5.41) is 6.87. The molecule has 0 unspecified atom stereocenters. The largest absolute Gasteiger partial charge is 0.368 e. The number of para-hydroxylation sites is 1. The zero-order valence-electron chi connectivity index (χ0n) is 9.95. The van der Waals surface area contributed by atoms with Crippen LogP contribution in [0.25, 0.3) is 6.08 Å². The van der Waals surface area contributed by atoms with Gasteiger partial charge in [-0.3, -0.25) is 5.43 Å². The second-order valence-electron chi connectivity index (χ2n) is 3.61. The zero-order valence-corrected chi connectivity index (χ0v) is 9.95. The molecule has 0 aromatic heterocycles. The topological polar surface area (TPSA) is 36.4 Å². The molecule has 0 atom stereocenters. The highest BCUT2D eigenvalue weighted by molar-refractivity contribution is 5.83. The van der Waals surface area contributed by atoms with Crippen molar-refractivity contribution in [2.24, 2.45) is 5.10 Å². The molecule has 2 N–H and O–H groups in total. The molecule has 0 bridgehead atoms. The molecule has 0 aliphatic carbocycles. The van der Waals surface area contributed by atoms with E-state index in [1.54, 1.807) is 6.21 Å². The SMILES string of the molecule is C1=CC=CNC=C1.C1=Cc2ccccc2NN=C1.